The Morgan fingerprint density at radius 3 is 2.08 bits per heavy atom. The maximum atomic E-state index is 13.1. The first-order chi connectivity index (χ1) is 12.5. The maximum Gasteiger partial charge on any atom is 0.264 e. The fourth-order valence-corrected chi connectivity index (χ4v) is 4.03. The van der Waals surface area contributed by atoms with Crippen molar-refractivity contribution >= 4 is 11.6 Å². The summed E-state index contributed by atoms with van der Waals surface area (Å²) in [4.78, 5) is 37.5. The molecule has 1 unspecified atom stereocenters. The van der Waals surface area contributed by atoms with Crippen LogP contribution in [-0.2, 0) is 4.74 Å². The van der Waals surface area contributed by atoms with E-state index < -0.39 is 40.3 Å². The Balaban J connectivity index is 1.91. The molecule has 26 heavy (non-hydrogen) atoms. The molecule has 1 fully saturated rings. The molecule has 7 nitrogen and oxygen atoms in total. The predicted octanol–water partition coefficient (Wildman–Crippen LogP) is 1.97. The van der Waals surface area contributed by atoms with Crippen LogP contribution in [0.25, 0.3) is 0 Å². The number of rotatable bonds is 2. The second kappa shape index (κ2) is 5.82. The minimum absolute atomic E-state index is 0.0751. The molecule has 1 aliphatic heterocycles. The van der Waals surface area contributed by atoms with Crippen molar-refractivity contribution in [2.45, 2.75) is 30.3 Å². The van der Waals surface area contributed by atoms with Crippen LogP contribution in [0.2, 0.25) is 0 Å². The summed E-state index contributed by atoms with van der Waals surface area (Å²) in [5.41, 5.74) is -1.59. The quantitative estimate of drug-likeness (QED) is 0.502. The highest BCUT2D eigenvalue weighted by atomic mass is 16.7. The van der Waals surface area contributed by atoms with Crippen LogP contribution in [0.4, 0.5) is 0 Å². The number of hydrogen-bond acceptors (Lipinski definition) is 6. The zero-order valence-corrected chi connectivity index (χ0v) is 13.6. The molecule has 2 aromatic carbocycles. The van der Waals surface area contributed by atoms with E-state index in [9.17, 15) is 24.8 Å². The van der Waals surface area contributed by atoms with Gasteiger partial charge in [-0.05, 0) is 5.56 Å². The smallest absolute Gasteiger partial charge is 0.264 e. The van der Waals surface area contributed by atoms with Crippen LogP contribution in [0.5, 0.6) is 0 Å². The first-order valence-electron chi connectivity index (χ1n) is 8.19. The van der Waals surface area contributed by atoms with E-state index in [0.717, 1.165) is 0 Å². The number of carbonyl (C=O) groups excluding carboxylic acids is 2. The summed E-state index contributed by atoms with van der Waals surface area (Å²) in [5, 5.41) is 22.2. The van der Waals surface area contributed by atoms with E-state index in [0.29, 0.717) is 5.56 Å². The summed E-state index contributed by atoms with van der Waals surface area (Å²) < 4.78 is 5.38. The summed E-state index contributed by atoms with van der Waals surface area (Å²) >= 11 is 0. The summed E-state index contributed by atoms with van der Waals surface area (Å²) in [5.74, 6) is -2.36. The summed E-state index contributed by atoms with van der Waals surface area (Å²) in [6.07, 6.45) is -1.53. The van der Waals surface area contributed by atoms with Crippen molar-refractivity contribution in [3.8, 4) is 0 Å². The Kier molecular flexibility index (Phi) is 3.71. The lowest BCUT2D eigenvalue weighted by Crippen LogP contribution is -2.64. The molecule has 2 aromatic rings. The van der Waals surface area contributed by atoms with Gasteiger partial charge in [0.2, 0.25) is 11.6 Å². The molecule has 0 amide bonds. The van der Waals surface area contributed by atoms with Crippen molar-refractivity contribution in [1.82, 2.24) is 0 Å². The molecule has 1 heterocycles. The lowest BCUT2D eigenvalue weighted by molar-refractivity contribution is -0.551. The summed E-state index contributed by atoms with van der Waals surface area (Å²) in [7, 11) is 0. The second-order valence-corrected chi connectivity index (χ2v) is 6.50. The van der Waals surface area contributed by atoms with Gasteiger partial charge < -0.3 is 9.84 Å². The Labute approximate surface area is 148 Å². The third kappa shape index (κ3) is 2.14. The molecule has 0 radical (unpaired) electrons. The molecule has 0 aromatic heterocycles. The normalized spacial score (nSPS) is 26.7. The molecule has 1 saturated heterocycles. The number of aliphatic hydroxyl groups excluding tert-OH is 1. The number of ketones is 2. The number of hydrogen-bond donors (Lipinski definition) is 1. The number of nitro groups is 1. The van der Waals surface area contributed by atoms with Gasteiger partial charge in [0.05, 0.1) is 5.92 Å². The van der Waals surface area contributed by atoms with Gasteiger partial charge in [0.1, 0.15) is 0 Å². The molecule has 1 N–H and O–H groups in total. The van der Waals surface area contributed by atoms with Crippen LogP contribution in [0, 0.1) is 10.1 Å². The van der Waals surface area contributed by atoms with Gasteiger partial charge in [-0.25, -0.2) is 0 Å². The van der Waals surface area contributed by atoms with Crippen molar-refractivity contribution in [1.29, 1.82) is 0 Å². The molecule has 0 bridgehead atoms. The minimum Gasteiger partial charge on any atom is -0.368 e. The summed E-state index contributed by atoms with van der Waals surface area (Å²) in [6, 6.07) is 13.0. The van der Waals surface area contributed by atoms with E-state index in [2.05, 4.69) is 0 Å². The SMILES string of the molecule is O=C1c2ccccc2C(=O)C12OC(O)C[C@@H](c1ccccc1)[C@@H]2[N+](=O)[O-]. The Morgan fingerprint density at radius 1 is 1.00 bits per heavy atom. The number of benzene rings is 2. The van der Waals surface area contributed by atoms with Crippen LogP contribution in [0.1, 0.15) is 38.6 Å². The van der Waals surface area contributed by atoms with E-state index in [1.165, 1.54) is 12.1 Å². The van der Waals surface area contributed by atoms with Crippen LogP contribution < -0.4 is 0 Å². The molecule has 1 spiro atoms. The van der Waals surface area contributed by atoms with Gasteiger partial charge in [-0.3, -0.25) is 19.7 Å². The zero-order chi connectivity index (χ0) is 18.5. The van der Waals surface area contributed by atoms with Crippen molar-refractivity contribution in [2.24, 2.45) is 0 Å². The first-order valence-corrected chi connectivity index (χ1v) is 8.19. The topological polar surface area (TPSA) is 107 Å². The van der Waals surface area contributed by atoms with Gasteiger partial charge in [0, 0.05) is 22.5 Å². The second-order valence-electron chi connectivity index (χ2n) is 6.50. The third-order valence-corrected chi connectivity index (χ3v) is 5.12. The number of Topliss-reactive ketones (excluding diaryl/α,β-unsaturated/α-hetero) is 2. The fourth-order valence-electron chi connectivity index (χ4n) is 4.03. The van der Waals surface area contributed by atoms with E-state index in [1.54, 1.807) is 42.5 Å². The van der Waals surface area contributed by atoms with Crippen molar-refractivity contribution in [3.63, 3.8) is 0 Å². The molecular weight excluding hydrogens is 338 g/mol. The number of ether oxygens (including phenoxy) is 1. The van der Waals surface area contributed by atoms with Gasteiger partial charge in [0.25, 0.3) is 11.6 Å². The van der Waals surface area contributed by atoms with Crippen molar-refractivity contribution < 1.29 is 24.4 Å². The van der Waals surface area contributed by atoms with Crippen molar-refractivity contribution in [3.05, 3.63) is 81.4 Å². The number of carbonyl (C=O) groups is 2. The van der Waals surface area contributed by atoms with Crippen molar-refractivity contribution in [2.75, 3.05) is 0 Å². The maximum absolute atomic E-state index is 13.1. The average molecular weight is 353 g/mol. The van der Waals surface area contributed by atoms with Crippen LogP contribution in [0.3, 0.4) is 0 Å². The van der Waals surface area contributed by atoms with Gasteiger partial charge >= 0.3 is 0 Å². The fraction of sp³-hybridized carbons (Fsp3) is 0.263. The first kappa shape index (κ1) is 16.6. The summed E-state index contributed by atoms with van der Waals surface area (Å²) in [6.45, 7) is 0. The molecule has 3 atom stereocenters. The predicted molar refractivity (Wildman–Crippen MR) is 89.5 cm³/mol. The van der Waals surface area contributed by atoms with E-state index in [-0.39, 0.29) is 17.5 Å². The highest BCUT2D eigenvalue weighted by Gasteiger charge is 2.69. The molecule has 7 heteroatoms. The zero-order valence-electron chi connectivity index (χ0n) is 13.6. The Morgan fingerprint density at radius 2 is 1.54 bits per heavy atom. The average Bonchev–Trinajstić information content (AvgIpc) is 2.84. The molecule has 0 saturated carbocycles. The molecule has 132 valence electrons. The lowest BCUT2D eigenvalue weighted by atomic mass is 9.74. The van der Waals surface area contributed by atoms with Gasteiger partial charge in [-0.1, -0.05) is 54.6 Å². The Hall–Kier alpha value is -2.90. The monoisotopic (exact) mass is 353 g/mol. The van der Waals surface area contributed by atoms with Crippen LogP contribution in [-0.4, -0.2) is 39.5 Å². The minimum atomic E-state index is -2.34. The van der Waals surface area contributed by atoms with E-state index in [1.807, 2.05) is 0 Å². The molecule has 2 aliphatic rings. The van der Waals surface area contributed by atoms with Crippen LogP contribution in [0.15, 0.2) is 54.6 Å². The molecular formula is C19H15NO6. The number of fused-ring (bicyclic) bond motifs is 1. The number of aliphatic hydroxyl groups is 1. The lowest BCUT2D eigenvalue weighted by Gasteiger charge is -2.40. The van der Waals surface area contributed by atoms with E-state index >= 15 is 0 Å². The highest BCUT2D eigenvalue weighted by molar-refractivity contribution is 6.32. The van der Waals surface area contributed by atoms with Gasteiger partial charge in [0.15, 0.2) is 6.29 Å². The van der Waals surface area contributed by atoms with Crippen LogP contribution >= 0.6 is 0 Å². The largest absolute Gasteiger partial charge is 0.368 e. The number of nitrogens with zero attached hydrogens (tertiary/aromatic N) is 1. The van der Waals surface area contributed by atoms with Gasteiger partial charge in [-0.2, -0.15) is 0 Å². The Bertz CT molecular complexity index is 874. The van der Waals surface area contributed by atoms with E-state index in [4.69, 9.17) is 4.74 Å². The standard InChI is InChI=1S/C19H15NO6/c21-15-10-14(11-6-2-1-3-7-11)16(20(24)25)19(26-15)17(22)12-8-4-5-9-13(12)18(19)23/h1-9,14-16,21H,10H2/t14-,15?,16-/m0/s1. The molecule has 1 aliphatic carbocycles. The molecule has 4 rings (SSSR count). The highest BCUT2D eigenvalue weighted by Crippen LogP contribution is 2.47. The van der Waals surface area contributed by atoms with Gasteiger partial charge in [-0.15, -0.1) is 0 Å². The third-order valence-electron chi connectivity index (χ3n) is 5.12.